The minimum absolute atomic E-state index is 0.343. The Hall–Kier alpha value is -0.610. The molecule has 0 amide bonds. The van der Waals surface area contributed by atoms with E-state index in [4.69, 9.17) is 5.11 Å². The summed E-state index contributed by atoms with van der Waals surface area (Å²) in [7, 11) is 0. The van der Waals surface area contributed by atoms with Gasteiger partial charge in [0.1, 0.15) is 0 Å². The first-order valence-corrected chi connectivity index (χ1v) is 8.40. The number of piperazine rings is 1. The van der Waals surface area contributed by atoms with Crippen LogP contribution in [0.5, 0.6) is 0 Å². The molecular weight excluding hydrogens is 252 g/mol. The van der Waals surface area contributed by atoms with Crippen LogP contribution in [-0.2, 0) is 4.79 Å². The van der Waals surface area contributed by atoms with Crippen LogP contribution in [0.3, 0.4) is 0 Å². The minimum atomic E-state index is -0.659. The van der Waals surface area contributed by atoms with Crippen LogP contribution in [0.1, 0.15) is 71.1 Å². The van der Waals surface area contributed by atoms with Gasteiger partial charge in [0.05, 0.1) is 0 Å². The molecular formula is C16H34N2O2. The van der Waals surface area contributed by atoms with Crippen LogP contribution in [0.2, 0.25) is 0 Å². The highest BCUT2D eigenvalue weighted by atomic mass is 16.4. The number of aliphatic carboxylic acids is 1. The summed E-state index contributed by atoms with van der Waals surface area (Å²) in [6.07, 6.45) is 11.5. The van der Waals surface area contributed by atoms with Crippen LogP contribution >= 0.6 is 0 Å². The SMILES string of the molecule is C1CNCCN1.CCCCCCCCCCCC(=O)O. The van der Waals surface area contributed by atoms with Crippen LogP contribution in [0, 0.1) is 0 Å². The lowest BCUT2D eigenvalue weighted by molar-refractivity contribution is -0.137. The summed E-state index contributed by atoms with van der Waals surface area (Å²) >= 11 is 0. The van der Waals surface area contributed by atoms with Crippen LogP contribution < -0.4 is 10.6 Å². The number of rotatable bonds is 10. The normalized spacial score (nSPS) is 14.4. The van der Waals surface area contributed by atoms with Crippen molar-refractivity contribution in [1.82, 2.24) is 10.6 Å². The number of hydrogen-bond donors (Lipinski definition) is 3. The summed E-state index contributed by atoms with van der Waals surface area (Å²) in [6, 6.07) is 0. The molecule has 1 aliphatic heterocycles. The van der Waals surface area contributed by atoms with E-state index in [1.54, 1.807) is 0 Å². The summed E-state index contributed by atoms with van der Waals surface area (Å²) in [4.78, 5) is 10.2. The Labute approximate surface area is 124 Å². The van der Waals surface area contributed by atoms with E-state index < -0.39 is 5.97 Å². The van der Waals surface area contributed by atoms with Crippen LogP contribution in [0.15, 0.2) is 0 Å². The monoisotopic (exact) mass is 286 g/mol. The van der Waals surface area contributed by atoms with E-state index in [0.29, 0.717) is 6.42 Å². The van der Waals surface area contributed by atoms with Crippen molar-refractivity contribution in [1.29, 1.82) is 0 Å². The fraction of sp³-hybridized carbons (Fsp3) is 0.938. The summed E-state index contributed by atoms with van der Waals surface area (Å²) < 4.78 is 0. The summed E-state index contributed by atoms with van der Waals surface area (Å²) in [5, 5.41) is 14.9. The van der Waals surface area contributed by atoms with Gasteiger partial charge in [-0.05, 0) is 6.42 Å². The first kappa shape index (κ1) is 19.4. The number of carbonyl (C=O) groups is 1. The molecule has 0 aromatic heterocycles. The van der Waals surface area contributed by atoms with Crippen molar-refractivity contribution < 1.29 is 9.90 Å². The first-order valence-electron chi connectivity index (χ1n) is 8.40. The predicted molar refractivity (Wildman–Crippen MR) is 85.2 cm³/mol. The van der Waals surface area contributed by atoms with E-state index in [1.807, 2.05) is 0 Å². The lowest BCUT2D eigenvalue weighted by Gasteiger charge is -2.11. The molecule has 0 atom stereocenters. The lowest BCUT2D eigenvalue weighted by Crippen LogP contribution is -2.39. The Morgan fingerprint density at radius 2 is 1.20 bits per heavy atom. The second-order valence-corrected chi connectivity index (χ2v) is 5.47. The summed E-state index contributed by atoms with van der Waals surface area (Å²) in [6.45, 7) is 6.78. The standard InChI is InChI=1S/C12H24O2.C4H10N2/c1-2-3-4-5-6-7-8-9-10-11-12(13)14;1-2-6-4-3-5-1/h2-11H2,1H3,(H,13,14);5-6H,1-4H2. The van der Waals surface area contributed by atoms with Gasteiger partial charge in [0, 0.05) is 32.6 Å². The first-order chi connectivity index (χ1) is 9.77. The molecule has 0 radical (unpaired) electrons. The average Bonchev–Trinajstić information content (AvgIpc) is 2.48. The molecule has 0 aromatic rings. The highest BCUT2D eigenvalue weighted by Crippen LogP contribution is 2.10. The Morgan fingerprint density at radius 3 is 1.55 bits per heavy atom. The second kappa shape index (κ2) is 16.4. The second-order valence-electron chi connectivity index (χ2n) is 5.47. The summed E-state index contributed by atoms with van der Waals surface area (Å²) in [5.74, 6) is -0.659. The molecule has 4 nitrogen and oxygen atoms in total. The number of carboxylic acids is 1. The zero-order valence-corrected chi connectivity index (χ0v) is 13.3. The van der Waals surface area contributed by atoms with Gasteiger partial charge in [-0.25, -0.2) is 0 Å². The zero-order valence-electron chi connectivity index (χ0n) is 13.3. The molecule has 3 N–H and O–H groups in total. The van der Waals surface area contributed by atoms with E-state index in [9.17, 15) is 4.79 Å². The van der Waals surface area contributed by atoms with Gasteiger partial charge in [-0.15, -0.1) is 0 Å². The highest BCUT2D eigenvalue weighted by molar-refractivity contribution is 5.66. The number of unbranched alkanes of at least 4 members (excludes halogenated alkanes) is 8. The molecule has 120 valence electrons. The average molecular weight is 286 g/mol. The molecule has 0 spiro atoms. The van der Waals surface area contributed by atoms with E-state index in [1.165, 1.54) is 44.9 Å². The van der Waals surface area contributed by atoms with Gasteiger partial charge in [0.25, 0.3) is 0 Å². The van der Waals surface area contributed by atoms with Crippen molar-refractivity contribution in [3.8, 4) is 0 Å². The molecule has 0 aliphatic carbocycles. The molecule has 1 rings (SSSR count). The molecule has 1 fully saturated rings. The maximum absolute atomic E-state index is 10.2. The van der Waals surface area contributed by atoms with Gasteiger partial charge < -0.3 is 15.7 Å². The van der Waals surface area contributed by atoms with Gasteiger partial charge in [0.2, 0.25) is 0 Å². The molecule has 20 heavy (non-hydrogen) atoms. The van der Waals surface area contributed by atoms with Crippen molar-refractivity contribution in [2.45, 2.75) is 71.1 Å². The van der Waals surface area contributed by atoms with E-state index in [-0.39, 0.29) is 0 Å². The van der Waals surface area contributed by atoms with Crippen molar-refractivity contribution in [2.24, 2.45) is 0 Å². The molecule has 4 heteroatoms. The molecule has 0 saturated carbocycles. The van der Waals surface area contributed by atoms with Crippen molar-refractivity contribution in [3.63, 3.8) is 0 Å². The minimum Gasteiger partial charge on any atom is -0.481 e. The maximum Gasteiger partial charge on any atom is 0.303 e. The van der Waals surface area contributed by atoms with E-state index in [2.05, 4.69) is 17.6 Å². The van der Waals surface area contributed by atoms with Crippen LogP contribution in [-0.4, -0.2) is 37.3 Å². The Balaban J connectivity index is 0.000000493. The van der Waals surface area contributed by atoms with E-state index >= 15 is 0 Å². The van der Waals surface area contributed by atoms with Crippen LogP contribution in [0.4, 0.5) is 0 Å². The quantitative estimate of drug-likeness (QED) is 0.540. The van der Waals surface area contributed by atoms with Gasteiger partial charge in [0.15, 0.2) is 0 Å². The van der Waals surface area contributed by atoms with Gasteiger partial charge in [-0.3, -0.25) is 4.79 Å². The molecule has 1 aliphatic rings. The molecule has 0 bridgehead atoms. The molecule has 0 unspecified atom stereocenters. The van der Waals surface area contributed by atoms with Gasteiger partial charge in [-0.1, -0.05) is 58.3 Å². The Kier molecular flexibility index (Phi) is 15.9. The number of carboxylic acid groups (broad SMARTS) is 1. The van der Waals surface area contributed by atoms with Crippen molar-refractivity contribution in [2.75, 3.05) is 26.2 Å². The molecule has 1 heterocycles. The fourth-order valence-corrected chi connectivity index (χ4v) is 2.19. The molecule has 1 saturated heterocycles. The van der Waals surface area contributed by atoms with Crippen molar-refractivity contribution in [3.05, 3.63) is 0 Å². The number of nitrogens with one attached hydrogen (secondary N) is 2. The third kappa shape index (κ3) is 17.4. The summed E-state index contributed by atoms with van der Waals surface area (Å²) in [5.41, 5.74) is 0. The zero-order chi connectivity index (χ0) is 14.9. The largest absolute Gasteiger partial charge is 0.481 e. The smallest absolute Gasteiger partial charge is 0.303 e. The fourth-order valence-electron chi connectivity index (χ4n) is 2.19. The Bertz CT molecular complexity index is 195. The molecule has 0 aromatic carbocycles. The third-order valence-corrected chi connectivity index (χ3v) is 3.45. The van der Waals surface area contributed by atoms with Crippen molar-refractivity contribution >= 4 is 5.97 Å². The van der Waals surface area contributed by atoms with Crippen LogP contribution in [0.25, 0.3) is 0 Å². The van der Waals surface area contributed by atoms with Gasteiger partial charge in [-0.2, -0.15) is 0 Å². The van der Waals surface area contributed by atoms with Gasteiger partial charge >= 0.3 is 5.97 Å². The predicted octanol–water partition coefficient (Wildman–Crippen LogP) is 3.17. The maximum atomic E-state index is 10.2. The lowest BCUT2D eigenvalue weighted by atomic mass is 10.1. The topological polar surface area (TPSA) is 61.4 Å². The Morgan fingerprint density at radius 1 is 0.800 bits per heavy atom. The number of hydrogen-bond acceptors (Lipinski definition) is 3. The van der Waals surface area contributed by atoms with E-state index in [0.717, 1.165) is 39.0 Å². The highest BCUT2D eigenvalue weighted by Gasteiger charge is 1.96. The third-order valence-electron chi connectivity index (χ3n) is 3.45.